The number of carbonyl (C=O) groups excluding carboxylic acids is 1. The van der Waals surface area contributed by atoms with E-state index in [9.17, 15) is 4.79 Å². The van der Waals surface area contributed by atoms with Crippen LogP contribution in [0.5, 0.6) is 0 Å². The quantitative estimate of drug-likeness (QED) is 0.857. The van der Waals surface area contributed by atoms with E-state index < -0.39 is 5.79 Å². The van der Waals surface area contributed by atoms with Gasteiger partial charge in [0.2, 0.25) is 0 Å². The predicted molar refractivity (Wildman–Crippen MR) is 111 cm³/mol. The molecule has 7 heteroatoms. The number of aromatic nitrogens is 2. The van der Waals surface area contributed by atoms with Crippen molar-refractivity contribution in [3.8, 4) is 0 Å². The maximum absolute atomic E-state index is 12.5. The van der Waals surface area contributed by atoms with Crippen molar-refractivity contribution in [3.05, 3.63) is 47.9 Å². The molecule has 0 radical (unpaired) electrons. The van der Waals surface area contributed by atoms with Crippen LogP contribution in [0.25, 0.3) is 0 Å². The average Bonchev–Trinajstić information content (AvgIpc) is 3.16. The Morgan fingerprint density at radius 2 is 1.69 bits per heavy atom. The number of hydrogen-bond donors (Lipinski definition) is 1. The topological polar surface area (TPSA) is 76.6 Å². The van der Waals surface area contributed by atoms with Gasteiger partial charge >= 0.3 is 0 Å². The summed E-state index contributed by atoms with van der Waals surface area (Å²) in [6, 6.07) is 7.89. The first-order valence-electron chi connectivity index (χ1n) is 10.1. The molecule has 29 heavy (non-hydrogen) atoms. The zero-order chi connectivity index (χ0) is 20.5. The second kappa shape index (κ2) is 7.72. The molecule has 3 heterocycles. The Hall–Kier alpha value is -2.51. The molecule has 4 rings (SSSR count). The van der Waals surface area contributed by atoms with Crippen molar-refractivity contribution < 1.29 is 14.3 Å². The number of carbonyl (C=O) groups is 1. The molecular weight excluding hydrogens is 368 g/mol. The van der Waals surface area contributed by atoms with Crippen molar-refractivity contribution in [3.63, 3.8) is 0 Å². The van der Waals surface area contributed by atoms with E-state index in [1.165, 1.54) is 11.8 Å². The van der Waals surface area contributed by atoms with E-state index in [-0.39, 0.29) is 11.3 Å². The van der Waals surface area contributed by atoms with Crippen LogP contribution in [0.1, 0.15) is 49.7 Å². The number of piperidine rings is 1. The third kappa shape index (κ3) is 4.41. The monoisotopic (exact) mass is 396 g/mol. The minimum absolute atomic E-state index is 0.0773. The van der Waals surface area contributed by atoms with Gasteiger partial charge in [0.1, 0.15) is 11.5 Å². The third-order valence-electron chi connectivity index (χ3n) is 5.54. The molecular formula is C22H28N4O3. The molecule has 1 N–H and O–H groups in total. The first-order valence-corrected chi connectivity index (χ1v) is 10.1. The first kappa shape index (κ1) is 19.8. The van der Waals surface area contributed by atoms with Gasteiger partial charge in [-0.1, -0.05) is 32.9 Å². The molecule has 1 aromatic carbocycles. The van der Waals surface area contributed by atoms with Crippen molar-refractivity contribution in [1.29, 1.82) is 0 Å². The largest absolute Gasteiger partial charge is 0.355 e. The highest BCUT2D eigenvalue weighted by Gasteiger charge is 2.40. The lowest BCUT2D eigenvalue weighted by Crippen LogP contribution is -2.45. The SMILES string of the molecule is CC(C)(C)c1ccc(NC(=O)c2cnc(N3CCC4(CC3)OCCO4)cn2)cc1. The molecule has 1 amide bonds. The van der Waals surface area contributed by atoms with Crippen molar-refractivity contribution in [2.24, 2.45) is 0 Å². The number of amides is 1. The summed E-state index contributed by atoms with van der Waals surface area (Å²) < 4.78 is 11.5. The molecule has 1 aromatic heterocycles. The van der Waals surface area contributed by atoms with Gasteiger partial charge in [-0.25, -0.2) is 9.97 Å². The maximum atomic E-state index is 12.5. The summed E-state index contributed by atoms with van der Waals surface area (Å²) in [5.41, 5.74) is 2.33. The summed E-state index contributed by atoms with van der Waals surface area (Å²) >= 11 is 0. The van der Waals surface area contributed by atoms with Gasteiger partial charge in [0.25, 0.3) is 5.91 Å². The Balaban J connectivity index is 1.36. The molecule has 7 nitrogen and oxygen atoms in total. The van der Waals surface area contributed by atoms with E-state index in [0.717, 1.165) is 37.4 Å². The van der Waals surface area contributed by atoms with Gasteiger partial charge in [-0.3, -0.25) is 4.79 Å². The number of ether oxygens (including phenoxy) is 2. The molecule has 0 aliphatic carbocycles. The average molecular weight is 396 g/mol. The first-order chi connectivity index (χ1) is 13.8. The van der Waals surface area contributed by atoms with Crippen LogP contribution in [0.3, 0.4) is 0 Å². The van der Waals surface area contributed by atoms with Crippen molar-refractivity contribution in [1.82, 2.24) is 9.97 Å². The van der Waals surface area contributed by atoms with Gasteiger partial charge in [-0.05, 0) is 23.1 Å². The highest BCUT2D eigenvalue weighted by atomic mass is 16.7. The van der Waals surface area contributed by atoms with Gasteiger partial charge in [-0.2, -0.15) is 0 Å². The number of rotatable bonds is 3. The molecule has 0 saturated carbocycles. The second-order valence-corrected chi connectivity index (χ2v) is 8.64. The Labute approximate surface area is 171 Å². The van der Waals surface area contributed by atoms with Crippen molar-refractivity contribution in [2.75, 3.05) is 36.5 Å². The fraction of sp³-hybridized carbons (Fsp3) is 0.500. The zero-order valence-electron chi connectivity index (χ0n) is 17.3. The molecule has 2 aliphatic heterocycles. The molecule has 2 saturated heterocycles. The fourth-order valence-electron chi connectivity index (χ4n) is 3.71. The Morgan fingerprint density at radius 3 is 2.24 bits per heavy atom. The molecule has 0 atom stereocenters. The fourth-order valence-corrected chi connectivity index (χ4v) is 3.71. The van der Waals surface area contributed by atoms with Crippen LogP contribution in [0.4, 0.5) is 11.5 Å². The van der Waals surface area contributed by atoms with Crippen LogP contribution in [0.2, 0.25) is 0 Å². The highest BCUT2D eigenvalue weighted by molar-refractivity contribution is 6.02. The van der Waals surface area contributed by atoms with Crippen molar-refractivity contribution in [2.45, 2.75) is 44.8 Å². The standard InChI is InChI=1S/C22H28N4O3/c1-21(2,3)16-4-6-17(7-5-16)25-20(27)18-14-24-19(15-23-18)26-10-8-22(9-11-26)28-12-13-29-22/h4-7,14-15H,8-13H2,1-3H3,(H,25,27). The maximum Gasteiger partial charge on any atom is 0.275 e. The number of benzene rings is 1. The second-order valence-electron chi connectivity index (χ2n) is 8.64. The van der Waals surface area contributed by atoms with Crippen LogP contribution < -0.4 is 10.2 Å². The van der Waals surface area contributed by atoms with E-state index in [0.29, 0.717) is 18.9 Å². The molecule has 2 aromatic rings. The number of anilines is 2. The third-order valence-corrected chi connectivity index (χ3v) is 5.54. The summed E-state index contributed by atoms with van der Waals surface area (Å²) in [6.45, 7) is 9.40. The molecule has 154 valence electrons. The number of hydrogen-bond acceptors (Lipinski definition) is 6. The van der Waals surface area contributed by atoms with Crippen LogP contribution in [-0.2, 0) is 14.9 Å². The van der Waals surface area contributed by atoms with Gasteiger partial charge in [0.15, 0.2) is 5.79 Å². The van der Waals surface area contributed by atoms with E-state index in [2.05, 4.69) is 41.0 Å². The van der Waals surface area contributed by atoms with E-state index >= 15 is 0 Å². The van der Waals surface area contributed by atoms with Crippen LogP contribution in [-0.4, -0.2) is 48.0 Å². The molecule has 2 fully saturated rings. The van der Waals surface area contributed by atoms with Crippen LogP contribution in [0.15, 0.2) is 36.7 Å². The summed E-state index contributed by atoms with van der Waals surface area (Å²) in [7, 11) is 0. The summed E-state index contributed by atoms with van der Waals surface area (Å²) in [6.07, 6.45) is 4.80. The Bertz CT molecular complexity index is 843. The summed E-state index contributed by atoms with van der Waals surface area (Å²) in [5, 5.41) is 2.88. The normalized spacial score (nSPS) is 18.8. The molecule has 0 bridgehead atoms. The highest BCUT2D eigenvalue weighted by Crippen LogP contribution is 2.32. The smallest absolute Gasteiger partial charge is 0.275 e. The predicted octanol–water partition coefficient (Wildman–Crippen LogP) is 3.37. The molecule has 0 unspecified atom stereocenters. The molecule has 1 spiro atoms. The van der Waals surface area contributed by atoms with Gasteiger partial charge in [0, 0.05) is 31.6 Å². The van der Waals surface area contributed by atoms with Crippen LogP contribution in [0, 0.1) is 0 Å². The van der Waals surface area contributed by atoms with E-state index in [1.54, 1.807) is 6.20 Å². The van der Waals surface area contributed by atoms with E-state index in [1.807, 2.05) is 24.3 Å². The lowest BCUT2D eigenvalue weighted by Gasteiger charge is -2.37. The minimum atomic E-state index is -0.410. The zero-order valence-corrected chi connectivity index (χ0v) is 17.3. The number of nitrogens with zero attached hydrogens (tertiary/aromatic N) is 3. The van der Waals surface area contributed by atoms with Crippen LogP contribution >= 0.6 is 0 Å². The van der Waals surface area contributed by atoms with E-state index in [4.69, 9.17) is 9.47 Å². The molecule has 2 aliphatic rings. The Kier molecular flexibility index (Phi) is 5.27. The number of nitrogens with one attached hydrogen (secondary N) is 1. The van der Waals surface area contributed by atoms with Gasteiger partial charge in [0.05, 0.1) is 25.6 Å². The van der Waals surface area contributed by atoms with Gasteiger partial charge in [-0.15, -0.1) is 0 Å². The lowest BCUT2D eigenvalue weighted by molar-refractivity contribution is -0.169. The summed E-state index contributed by atoms with van der Waals surface area (Å²) in [5.74, 6) is 0.0913. The summed E-state index contributed by atoms with van der Waals surface area (Å²) in [4.78, 5) is 23.4. The minimum Gasteiger partial charge on any atom is -0.355 e. The Morgan fingerprint density at radius 1 is 1.03 bits per heavy atom. The lowest BCUT2D eigenvalue weighted by atomic mass is 9.87. The van der Waals surface area contributed by atoms with Crippen molar-refractivity contribution >= 4 is 17.4 Å². The van der Waals surface area contributed by atoms with Gasteiger partial charge < -0.3 is 19.7 Å².